The van der Waals surface area contributed by atoms with Gasteiger partial charge in [0.1, 0.15) is 18.4 Å². The van der Waals surface area contributed by atoms with E-state index in [1.807, 2.05) is 44.3 Å². The second-order valence-corrected chi connectivity index (χ2v) is 9.55. The van der Waals surface area contributed by atoms with Crippen molar-refractivity contribution in [1.82, 2.24) is 5.32 Å². The number of anilines is 1. The fourth-order valence-electron chi connectivity index (χ4n) is 5.75. The van der Waals surface area contributed by atoms with E-state index in [4.69, 9.17) is 21.1 Å². The third-order valence-electron chi connectivity index (χ3n) is 7.21. The predicted molar refractivity (Wildman–Crippen MR) is 132 cm³/mol. The lowest BCUT2D eigenvalue weighted by atomic mass is 9.78. The first kappa shape index (κ1) is 24.3. The molecule has 2 aliphatic heterocycles. The number of carbonyl (C=O) groups is 2. The molecule has 1 fully saturated rings. The molecule has 0 spiro atoms. The first-order chi connectivity index (χ1) is 16.2. The number of methoxy groups -OCH3 is 1. The van der Waals surface area contributed by atoms with Crippen LogP contribution in [-0.4, -0.2) is 62.8 Å². The minimum Gasteiger partial charge on any atom is -0.496 e. The van der Waals surface area contributed by atoms with Gasteiger partial charge in [0.2, 0.25) is 5.54 Å². The number of amides is 2. The number of likely N-dealkylation sites (tertiary alicyclic amines) is 1. The number of quaternary nitrogens is 1. The number of halogens is 1. The topological polar surface area (TPSA) is 76.7 Å². The summed E-state index contributed by atoms with van der Waals surface area (Å²) in [4.78, 5) is 27.5. The molecule has 1 saturated heterocycles. The van der Waals surface area contributed by atoms with Crippen LogP contribution in [0.5, 0.6) is 5.75 Å². The van der Waals surface area contributed by atoms with Crippen LogP contribution in [0.1, 0.15) is 23.1 Å². The van der Waals surface area contributed by atoms with Gasteiger partial charge in [0.15, 0.2) is 6.04 Å². The van der Waals surface area contributed by atoms with Gasteiger partial charge in [-0.15, -0.1) is 6.58 Å². The molecule has 34 heavy (non-hydrogen) atoms. The lowest BCUT2D eigenvalue weighted by Crippen LogP contribution is -2.68. The van der Waals surface area contributed by atoms with E-state index in [-0.39, 0.29) is 22.4 Å². The Hall–Kier alpha value is -2.87. The smallest absolute Gasteiger partial charge is 0.295 e. The van der Waals surface area contributed by atoms with Crippen LogP contribution in [0, 0.1) is 6.92 Å². The molecule has 2 heterocycles. The molecule has 7 nitrogen and oxygen atoms in total. The van der Waals surface area contributed by atoms with Crippen molar-refractivity contribution in [2.75, 3.05) is 39.7 Å². The van der Waals surface area contributed by atoms with Crippen LogP contribution in [0.25, 0.3) is 0 Å². The summed E-state index contributed by atoms with van der Waals surface area (Å²) in [5.41, 5.74) is 1.76. The summed E-state index contributed by atoms with van der Waals surface area (Å²) in [5, 5.41) is 6.37. The van der Waals surface area contributed by atoms with E-state index in [0.29, 0.717) is 41.6 Å². The fraction of sp³-hybridized carbons (Fsp3) is 0.385. The SMILES string of the molecule is C=CCO[C@@H]1C[C@@H](C(=O)NC)[N+](C)(C2(c3cc(C)ccc3OC)C(=O)Nc3ccc(Cl)cc32)C1. The van der Waals surface area contributed by atoms with E-state index in [0.717, 1.165) is 11.1 Å². The molecule has 0 aliphatic carbocycles. The van der Waals surface area contributed by atoms with Crippen molar-refractivity contribution >= 4 is 29.1 Å². The maximum atomic E-state index is 14.2. The number of hydrogen-bond acceptors (Lipinski definition) is 4. The van der Waals surface area contributed by atoms with E-state index in [1.54, 1.807) is 26.3 Å². The van der Waals surface area contributed by atoms with Gasteiger partial charge in [-0.25, -0.2) is 0 Å². The molecular weight excluding hydrogens is 454 g/mol. The highest BCUT2D eigenvalue weighted by Crippen LogP contribution is 2.55. The molecule has 0 radical (unpaired) electrons. The number of fused-ring (bicyclic) bond motifs is 1. The van der Waals surface area contributed by atoms with Crippen molar-refractivity contribution in [3.8, 4) is 5.75 Å². The second-order valence-electron chi connectivity index (χ2n) is 9.12. The van der Waals surface area contributed by atoms with E-state index in [2.05, 4.69) is 17.2 Å². The Bertz CT molecular complexity index is 1150. The highest BCUT2D eigenvalue weighted by molar-refractivity contribution is 6.31. The Balaban J connectivity index is 2.07. The average molecular weight is 485 g/mol. The van der Waals surface area contributed by atoms with Crippen molar-refractivity contribution < 1.29 is 23.5 Å². The molecule has 2 aromatic carbocycles. The summed E-state index contributed by atoms with van der Waals surface area (Å²) in [5.74, 6) is 0.190. The van der Waals surface area contributed by atoms with Crippen molar-refractivity contribution in [3.05, 3.63) is 70.8 Å². The van der Waals surface area contributed by atoms with Crippen molar-refractivity contribution in [2.24, 2.45) is 0 Å². The molecule has 0 bridgehead atoms. The first-order valence-electron chi connectivity index (χ1n) is 11.3. The van der Waals surface area contributed by atoms with Gasteiger partial charge in [-0.1, -0.05) is 29.3 Å². The molecule has 4 atom stereocenters. The standard InChI is InChI=1S/C26H30ClN3O4/c1-6-11-34-18-14-22(24(31)28-3)30(4,15-18)26(20-12-16(2)7-10-23(20)33-5)19-13-17(27)8-9-21(19)29-25(26)32/h6-10,12-13,18,22H,1,11,14-15H2,2-5H3,(H-,28,29,31,32)/p+1/t18-,22+,26?,30?/m1/s1. The van der Waals surface area contributed by atoms with Crippen LogP contribution in [0.15, 0.2) is 49.1 Å². The van der Waals surface area contributed by atoms with Gasteiger partial charge >= 0.3 is 0 Å². The van der Waals surface area contributed by atoms with Crippen molar-refractivity contribution in [2.45, 2.75) is 31.0 Å². The molecule has 4 rings (SSSR count). The summed E-state index contributed by atoms with van der Waals surface area (Å²) in [6.45, 7) is 6.51. The summed E-state index contributed by atoms with van der Waals surface area (Å²) in [6.07, 6.45) is 1.91. The maximum Gasteiger partial charge on any atom is 0.295 e. The summed E-state index contributed by atoms with van der Waals surface area (Å²) < 4.78 is 11.9. The lowest BCUT2D eigenvalue weighted by molar-refractivity contribution is -0.953. The molecule has 2 unspecified atom stereocenters. The van der Waals surface area contributed by atoms with Crippen molar-refractivity contribution in [3.63, 3.8) is 0 Å². The molecule has 0 saturated carbocycles. The van der Waals surface area contributed by atoms with Gasteiger partial charge in [-0.3, -0.25) is 14.1 Å². The summed E-state index contributed by atoms with van der Waals surface area (Å²) in [7, 11) is 5.16. The van der Waals surface area contributed by atoms with Crippen LogP contribution < -0.4 is 15.4 Å². The van der Waals surface area contributed by atoms with Gasteiger partial charge in [0.25, 0.3) is 11.8 Å². The van der Waals surface area contributed by atoms with Crippen molar-refractivity contribution in [1.29, 1.82) is 0 Å². The zero-order valence-corrected chi connectivity index (χ0v) is 20.7. The minimum atomic E-state index is -1.29. The molecule has 0 aromatic heterocycles. The third-order valence-corrected chi connectivity index (χ3v) is 7.45. The Morgan fingerprint density at radius 3 is 2.76 bits per heavy atom. The average Bonchev–Trinajstić information content (AvgIpc) is 3.31. The van der Waals surface area contributed by atoms with Gasteiger partial charge in [0.05, 0.1) is 37.6 Å². The number of ether oxygens (including phenoxy) is 2. The number of benzene rings is 2. The number of nitrogens with one attached hydrogen (secondary N) is 2. The number of likely N-dealkylation sites (N-methyl/N-ethyl adjacent to an activating group) is 2. The van der Waals surface area contributed by atoms with Crippen LogP contribution in [0.3, 0.4) is 0 Å². The monoisotopic (exact) mass is 484 g/mol. The van der Waals surface area contributed by atoms with E-state index in [9.17, 15) is 9.59 Å². The fourth-order valence-corrected chi connectivity index (χ4v) is 5.92. The van der Waals surface area contributed by atoms with Crippen LogP contribution in [0.4, 0.5) is 5.69 Å². The Morgan fingerprint density at radius 2 is 2.09 bits per heavy atom. The number of carbonyl (C=O) groups excluding carboxylic acids is 2. The zero-order valence-electron chi connectivity index (χ0n) is 20.0. The maximum absolute atomic E-state index is 14.2. The largest absolute Gasteiger partial charge is 0.496 e. The van der Waals surface area contributed by atoms with Gasteiger partial charge in [0, 0.05) is 18.5 Å². The van der Waals surface area contributed by atoms with Gasteiger partial charge < -0.3 is 20.1 Å². The molecule has 2 aromatic rings. The number of rotatable bonds is 7. The van der Waals surface area contributed by atoms with Gasteiger partial charge in [-0.05, 0) is 37.3 Å². The second kappa shape index (κ2) is 9.06. The highest BCUT2D eigenvalue weighted by Gasteiger charge is 2.69. The molecule has 2 aliphatic rings. The number of nitrogens with zero attached hydrogens (tertiary/aromatic N) is 1. The lowest BCUT2D eigenvalue weighted by Gasteiger charge is -2.48. The highest BCUT2D eigenvalue weighted by atomic mass is 35.5. The Morgan fingerprint density at radius 1 is 1.32 bits per heavy atom. The number of hydrogen-bond donors (Lipinski definition) is 2. The Labute approximate surface area is 205 Å². The van der Waals surface area contributed by atoms with Crippen LogP contribution in [-0.2, 0) is 19.9 Å². The van der Waals surface area contributed by atoms with E-state index >= 15 is 0 Å². The van der Waals surface area contributed by atoms with E-state index < -0.39 is 11.6 Å². The van der Waals surface area contributed by atoms with Crippen LogP contribution in [0.2, 0.25) is 5.02 Å². The Kier molecular flexibility index (Phi) is 6.46. The van der Waals surface area contributed by atoms with Gasteiger partial charge in [-0.2, -0.15) is 0 Å². The normalized spacial score (nSPS) is 27.7. The summed E-state index contributed by atoms with van der Waals surface area (Å²) in [6, 6.07) is 10.6. The molecular formula is C26H31ClN3O4+. The molecule has 180 valence electrons. The predicted octanol–water partition coefficient (Wildman–Crippen LogP) is 3.39. The molecule has 2 N–H and O–H groups in total. The van der Waals surface area contributed by atoms with Crippen LogP contribution >= 0.6 is 11.6 Å². The quantitative estimate of drug-likeness (QED) is 0.466. The zero-order chi connectivity index (χ0) is 24.7. The first-order valence-corrected chi connectivity index (χ1v) is 11.7. The molecule has 2 amide bonds. The summed E-state index contributed by atoms with van der Waals surface area (Å²) >= 11 is 6.47. The molecule has 8 heteroatoms. The van der Waals surface area contributed by atoms with E-state index in [1.165, 1.54) is 0 Å². The third kappa shape index (κ3) is 3.50. The number of aryl methyl sites for hydroxylation is 1. The minimum absolute atomic E-state index is 0.0769.